The van der Waals surface area contributed by atoms with Gasteiger partial charge in [0.2, 0.25) is 5.95 Å². The number of nitrogens with zero attached hydrogens (tertiary/aromatic N) is 4. The fourth-order valence-corrected chi connectivity index (χ4v) is 7.21. The number of halogens is 2. The standard InChI is InChI=1S/C23H36ClFN7O7PS2/c1-11(2)38-18(34)12(3)31-40(41,36-7-8-42-20(35)22(4,5)6)37-9-13-15(33)23(24,25)19(39-13)32-10-28-14-16(26)29-21(27)30-17(14)32/h10-13,15,19,33H,7-9H2,1-6H3,(H,31,41)(H4,26,27,29,30)/t12-,13-,15-,19-,23+,40-/m1/s1. The number of carbonyl (C=O) groups is 2. The molecule has 0 aliphatic carbocycles. The number of nitrogen functional groups attached to an aromatic ring is 2. The van der Waals surface area contributed by atoms with Crippen LogP contribution >= 0.6 is 30.0 Å². The lowest BCUT2D eigenvalue weighted by atomic mass is 10.00. The van der Waals surface area contributed by atoms with Gasteiger partial charge in [-0.05, 0) is 32.6 Å². The Morgan fingerprint density at radius 3 is 2.62 bits per heavy atom. The van der Waals surface area contributed by atoms with E-state index in [1.807, 2.05) is 0 Å². The largest absolute Gasteiger partial charge is 0.462 e. The van der Waals surface area contributed by atoms with Gasteiger partial charge in [0.05, 0.1) is 25.6 Å². The van der Waals surface area contributed by atoms with E-state index in [0.717, 1.165) is 16.3 Å². The molecule has 2 aromatic rings. The molecule has 0 radical (unpaired) electrons. The summed E-state index contributed by atoms with van der Waals surface area (Å²) in [5, 5.41) is 10.7. The van der Waals surface area contributed by atoms with Gasteiger partial charge in [-0.2, -0.15) is 9.97 Å². The van der Waals surface area contributed by atoms with Crippen LogP contribution in [0.25, 0.3) is 11.2 Å². The van der Waals surface area contributed by atoms with Crippen LogP contribution in [0.4, 0.5) is 16.2 Å². The maximum atomic E-state index is 15.7. The summed E-state index contributed by atoms with van der Waals surface area (Å²) in [4.78, 5) is 36.6. The molecule has 42 heavy (non-hydrogen) atoms. The number of imidazole rings is 1. The van der Waals surface area contributed by atoms with E-state index in [-0.39, 0.29) is 46.5 Å². The van der Waals surface area contributed by atoms with Crippen molar-refractivity contribution >= 4 is 75.8 Å². The molecular weight excluding hydrogens is 636 g/mol. The van der Waals surface area contributed by atoms with Gasteiger partial charge in [0.15, 0.2) is 22.8 Å². The van der Waals surface area contributed by atoms with Crippen LogP contribution in [0.15, 0.2) is 6.33 Å². The van der Waals surface area contributed by atoms with E-state index >= 15 is 4.39 Å². The second kappa shape index (κ2) is 13.5. The smallest absolute Gasteiger partial charge is 0.323 e. The van der Waals surface area contributed by atoms with Gasteiger partial charge in [0.25, 0.3) is 11.8 Å². The molecule has 6 atom stereocenters. The van der Waals surface area contributed by atoms with Crippen LogP contribution in [0.3, 0.4) is 0 Å². The number of aromatic nitrogens is 4. The molecule has 1 fully saturated rings. The van der Waals surface area contributed by atoms with Gasteiger partial charge in [-0.15, -0.1) is 0 Å². The highest BCUT2D eigenvalue weighted by molar-refractivity contribution is 8.13. The number of fused-ring (bicyclic) bond motifs is 1. The normalized spacial score (nSPS) is 25.0. The van der Waals surface area contributed by atoms with Crippen LogP contribution in [0, 0.1) is 5.41 Å². The van der Waals surface area contributed by atoms with Crippen LogP contribution in [0.5, 0.6) is 0 Å². The first-order chi connectivity index (χ1) is 19.4. The molecule has 2 aromatic heterocycles. The third-order valence-electron chi connectivity index (χ3n) is 5.75. The number of carbonyl (C=O) groups excluding carboxylic acids is 2. The molecule has 236 valence electrons. The highest BCUT2D eigenvalue weighted by Crippen LogP contribution is 2.49. The Balaban J connectivity index is 1.76. The van der Waals surface area contributed by atoms with E-state index in [9.17, 15) is 14.7 Å². The monoisotopic (exact) mass is 671 g/mol. The highest BCUT2D eigenvalue weighted by atomic mass is 35.5. The van der Waals surface area contributed by atoms with Crippen molar-refractivity contribution in [2.45, 2.75) is 77.3 Å². The molecule has 3 heterocycles. The summed E-state index contributed by atoms with van der Waals surface area (Å²) in [5.41, 5.74) is 11.1. The van der Waals surface area contributed by atoms with Gasteiger partial charge in [-0.3, -0.25) is 14.2 Å². The second-order valence-electron chi connectivity index (χ2n) is 10.8. The first kappa shape index (κ1) is 34.8. The van der Waals surface area contributed by atoms with Crippen molar-refractivity contribution in [3.8, 4) is 0 Å². The number of esters is 1. The first-order valence-corrected chi connectivity index (χ1v) is 16.9. The van der Waals surface area contributed by atoms with E-state index in [2.05, 4.69) is 20.0 Å². The van der Waals surface area contributed by atoms with E-state index in [1.165, 1.54) is 13.3 Å². The van der Waals surface area contributed by atoms with Crippen LogP contribution in [0.2, 0.25) is 0 Å². The summed E-state index contributed by atoms with van der Waals surface area (Å²) in [6, 6.07) is -0.939. The highest BCUT2D eigenvalue weighted by Gasteiger charge is 2.58. The number of nitrogens with two attached hydrogens (primary N) is 2. The predicted octanol–water partition coefficient (Wildman–Crippen LogP) is 2.65. The minimum atomic E-state index is -3.50. The lowest BCUT2D eigenvalue weighted by Crippen LogP contribution is -2.39. The molecule has 0 bridgehead atoms. The fourth-order valence-electron chi connectivity index (χ4n) is 3.65. The number of thioether (sulfide) groups is 1. The SMILES string of the molecule is CC(C)OC(=O)[C@@H](C)N[P@@](=S)(OCCSC(=O)C(C)(C)C)OC[C@H]1O[C@@H](n2cnc3c(N)nc(N)nc32)[C@](F)(Cl)[C@@H]1O. The maximum Gasteiger partial charge on any atom is 0.323 e. The Labute approximate surface area is 256 Å². The molecule has 0 spiro atoms. The third-order valence-corrected chi connectivity index (χ3v) is 10.1. The topological polar surface area (TPSA) is 199 Å². The van der Waals surface area contributed by atoms with E-state index in [0.29, 0.717) is 0 Å². The summed E-state index contributed by atoms with van der Waals surface area (Å²) in [6.07, 6.45) is -4.05. The zero-order valence-electron chi connectivity index (χ0n) is 23.9. The summed E-state index contributed by atoms with van der Waals surface area (Å²) in [7, 11) is 0. The van der Waals surface area contributed by atoms with Gasteiger partial charge >= 0.3 is 5.97 Å². The lowest BCUT2D eigenvalue weighted by Gasteiger charge is -2.28. The van der Waals surface area contributed by atoms with E-state index < -0.39 is 54.2 Å². The summed E-state index contributed by atoms with van der Waals surface area (Å²) in [5.74, 6) is -0.566. The van der Waals surface area contributed by atoms with Crippen molar-refractivity contribution in [2.24, 2.45) is 5.41 Å². The maximum absolute atomic E-state index is 15.7. The van der Waals surface area contributed by atoms with Gasteiger partial charge in [0, 0.05) is 11.2 Å². The number of hydrogen-bond donors (Lipinski definition) is 4. The lowest BCUT2D eigenvalue weighted by molar-refractivity contribution is -0.149. The number of anilines is 2. The minimum absolute atomic E-state index is 0.00839. The van der Waals surface area contributed by atoms with Crippen molar-refractivity contribution in [2.75, 3.05) is 30.4 Å². The molecule has 3 rings (SSSR count). The molecule has 1 aliphatic heterocycles. The molecule has 14 nitrogen and oxygen atoms in total. The predicted molar refractivity (Wildman–Crippen MR) is 161 cm³/mol. The van der Waals surface area contributed by atoms with E-state index in [4.69, 9.17) is 53.4 Å². The number of nitrogens with one attached hydrogen (secondary N) is 1. The molecule has 1 aliphatic rings. The molecular formula is C23H36ClFN7O7PS2. The zero-order chi connectivity index (χ0) is 31.6. The van der Waals surface area contributed by atoms with E-state index in [1.54, 1.807) is 34.6 Å². The van der Waals surface area contributed by atoms with Gasteiger partial charge in [-0.1, -0.05) is 44.1 Å². The Hall–Kier alpha value is -1.69. The van der Waals surface area contributed by atoms with Gasteiger partial charge in [-0.25, -0.2) is 14.5 Å². The molecule has 0 unspecified atom stereocenters. The number of alkyl halides is 2. The fraction of sp³-hybridized carbons (Fsp3) is 0.696. The summed E-state index contributed by atoms with van der Waals surface area (Å²) < 4.78 is 39.5. The number of ether oxygens (including phenoxy) is 2. The van der Waals surface area contributed by atoms with Crippen molar-refractivity contribution in [3.63, 3.8) is 0 Å². The number of rotatable bonds is 12. The Kier molecular flexibility index (Phi) is 11.2. The molecule has 6 N–H and O–H groups in total. The average molecular weight is 672 g/mol. The Morgan fingerprint density at radius 1 is 1.33 bits per heavy atom. The van der Waals surface area contributed by atoms with Crippen LogP contribution in [0.1, 0.15) is 47.8 Å². The van der Waals surface area contributed by atoms with Crippen LogP contribution in [-0.4, -0.2) is 84.2 Å². The number of aliphatic hydroxyl groups excluding tert-OH is 1. The molecule has 0 saturated carbocycles. The zero-order valence-corrected chi connectivity index (χ0v) is 27.2. The summed E-state index contributed by atoms with van der Waals surface area (Å²) in [6.45, 7) is 6.31. The van der Waals surface area contributed by atoms with Crippen molar-refractivity contribution in [1.82, 2.24) is 24.6 Å². The molecule has 1 saturated heterocycles. The molecule has 0 aromatic carbocycles. The van der Waals surface area contributed by atoms with Crippen LogP contribution in [-0.2, 0) is 39.9 Å². The third kappa shape index (κ3) is 8.27. The van der Waals surface area contributed by atoms with Crippen molar-refractivity contribution < 1.29 is 37.6 Å². The quantitative estimate of drug-likeness (QED) is 0.111. The average Bonchev–Trinajstić information content (AvgIpc) is 3.37. The second-order valence-corrected chi connectivity index (χ2v) is 15.6. The van der Waals surface area contributed by atoms with Crippen LogP contribution < -0.4 is 16.6 Å². The number of hydrogen-bond acceptors (Lipinski definition) is 14. The van der Waals surface area contributed by atoms with Gasteiger partial charge < -0.3 is 35.1 Å². The number of aliphatic hydroxyl groups is 1. The molecule has 0 amide bonds. The Bertz CT molecular complexity index is 1350. The first-order valence-electron chi connectivity index (χ1n) is 12.9. The minimum Gasteiger partial charge on any atom is -0.462 e. The Morgan fingerprint density at radius 2 is 2.00 bits per heavy atom. The van der Waals surface area contributed by atoms with Crippen molar-refractivity contribution in [1.29, 1.82) is 0 Å². The van der Waals surface area contributed by atoms with Crippen molar-refractivity contribution in [3.05, 3.63) is 6.33 Å². The summed E-state index contributed by atoms with van der Waals surface area (Å²) >= 11 is 12.8. The van der Waals surface area contributed by atoms with Gasteiger partial charge in [0.1, 0.15) is 23.8 Å². The molecule has 19 heteroatoms.